The van der Waals surface area contributed by atoms with E-state index >= 15 is 0 Å². The number of hydrogen-bond donors (Lipinski definition) is 2. The lowest BCUT2D eigenvalue weighted by molar-refractivity contribution is -0.125. The fourth-order valence-electron chi connectivity index (χ4n) is 2.68. The summed E-state index contributed by atoms with van der Waals surface area (Å²) < 4.78 is 5.28. The molecule has 2 rings (SSSR count). The molecular weight excluding hydrogens is 300 g/mol. The summed E-state index contributed by atoms with van der Waals surface area (Å²) in [6.07, 6.45) is 1.87. The van der Waals surface area contributed by atoms with E-state index in [4.69, 9.17) is 4.74 Å². The summed E-state index contributed by atoms with van der Waals surface area (Å²) >= 11 is 0. The first kappa shape index (κ1) is 18.8. The van der Waals surface area contributed by atoms with E-state index in [1.54, 1.807) is 7.11 Å². The smallest absolute Gasteiger partial charge is 0.223 e. The third-order valence-electron chi connectivity index (χ3n) is 4.27. The molecule has 1 saturated heterocycles. The normalized spacial score (nSPS) is 15.8. The van der Waals surface area contributed by atoms with Gasteiger partial charge < -0.3 is 15.4 Å². The molecule has 0 aliphatic carbocycles. The summed E-state index contributed by atoms with van der Waals surface area (Å²) in [4.78, 5) is 12.2. The zero-order valence-electron chi connectivity index (χ0n) is 13.6. The second-order valence-electron chi connectivity index (χ2n) is 6.36. The van der Waals surface area contributed by atoms with Crippen LogP contribution >= 0.6 is 12.4 Å². The van der Waals surface area contributed by atoms with Gasteiger partial charge in [0.1, 0.15) is 5.75 Å². The number of rotatable bonds is 5. The summed E-state index contributed by atoms with van der Waals surface area (Å²) in [5, 5.41) is 6.41. The Morgan fingerprint density at radius 2 is 2.05 bits per heavy atom. The molecule has 1 amide bonds. The van der Waals surface area contributed by atoms with Gasteiger partial charge in [-0.2, -0.15) is 0 Å². The van der Waals surface area contributed by atoms with E-state index in [1.807, 2.05) is 18.2 Å². The van der Waals surface area contributed by atoms with Crippen molar-refractivity contribution in [2.24, 2.45) is 5.92 Å². The van der Waals surface area contributed by atoms with Crippen molar-refractivity contribution in [2.45, 2.75) is 32.1 Å². The number of benzene rings is 1. The highest BCUT2D eigenvalue weighted by Crippen LogP contribution is 2.26. The van der Waals surface area contributed by atoms with Gasteiger partial charge in [0.2, 0.25) is 5.91 Å². The van der Waals surface area contributed by atoms with E-state index < -0.39 is 0 Å². The molecule has 0 saturated carbocycles. The molecule has 0 aromatic heterocycles. The zero-order chi connectivity index (χ0) is 15.3. The van der Waals surface area contributed by atoms with Crippen LogP contribution in [0, 0.1) is 5.92 Å². The summed E-state index contributed by atoms with van der Waals surface area (Å²) in [5.74, 6) is 1.20. The van der Waals surface area contributed by atoms with Crippen molar-refractivity contribution in [3.63, 3.8) is 0 Å². The predicted octanol–water partition coefficient (Wildman–Crippen LogP) is 2.51. The van der Waals surface area contributed by atoms with E-state index in [0.29, 0.717) is 6.54 Å². The van der Waals surface area contributed by atoms with Crippen molar-refractivity contribution in [1.29, 1.82) is 0 Å². The number of amides is 1. The number of methoxy groups -OCH3 is 1. The summed E-state index contributed by atoms with van der Waals surface area (Å²) in [5.41, 5.74) is 1.06. The van der Waals surface area contributed by atoms with Crippen molar-refractivity contribution in [2.75, 3.05) is 26.7 Å². The van der Waals surface area contributed by atoms with Crippen LogP contribution in [-0.4, -0.2) is 32.7 Å². The maximum Gasteiger partial charge on any atom is 0.223 e. The lowest BCUT2D eigenvalue weighted by Gasteiger charge is -2.28. The van der Waals surface area contributed by atoms with Crippen molar-refractivity contribution in [3.05, 3.63) is 29.8 Å². The molecule has 4 nitrogen and oxygen atoms in total. The van der Waals surface area contributed by atoms with Gasteiger partial charge in [0.15, 0.2) is 0 Å². The second-order valence-corrected chi connectivity index (χ2v) is 6.36. The molecule has 0 bridgehead atoms. The Hall–Kier alpha value is -1.26. The summed E-state index contributed by atoms with van der Waals surface area (Å²) in [6.45, 7) is 6.81. The first-order chi connectivity index (χ1) is 10.0. The lowest BCUT2D eigenvalue weighted by Crippen LogP contribution is -2.42. The predicted molar refractivity (Wildman–Crippen MR) is 91.9 cm³/mol. The van der Waals surface area contributed by atoms with Crippen LogP contribution in [0.5, 0.6) is 5.75 Å². The minimum Gasteiger partial charge on any atom is -0.497 e. The number of hydrogen-bond acceptors (Lipinski definition) is 3. The van der Waals surface area contributed by atoms with Crippen LogP contribution in [0.15, 0.2) is 24.3 Å². The van der Waals surface area contributed by atoms with Crippen LogP contribution in [0.3, 0.4) is 0 Å². The van der Waals surface area contributed by atoms with E-state index in [0.717, 1.165) is 31.7 Å². The SMILES string of the molecule is COc1cccc(C(C)(C)CNC(=O)C2CCNCC2)c1.Cl. The number of ether oxygens (including phenoxy) is 1. The molecule has 1 aliphatic heterocycles. The topological polar surface area (TPSA) is 50.4 Å². The Balaban J connectivity index is 0.00000242. The molecule has 124 valence electrons. The molecule has 1 aliphatic rings. The monoisotopic (exact) mass is 326 g/mol. The Labute approximate surface area is 139 Å². The van der Waals surface area contributed by atoms with Crippen LogP contribution in [0.4, 0.5) is 0 Å². The molecule has 0 atom stereocenters. The number of carbonyl (C=O) groups excluding carboxylic acids is 1. The number of carbonyl (C=O) groups is 1. The highest BCUT2D eigenvalue weighted by molar-refractivity contribution is 5.85. The van der Waals surface area contributed by atoms with Gasteiger partial charge in [-0.3, -0.25) is 4.79 Å². The maximum atomic E-state index is 12.2. The molecular formula is C17H27ClN2O2. The Morgan fingerprint density at radius 3 is 2.68 bits per heavy atom. The van der Waals surface area contributed by atoms with Crippen molar-refractivity contribution in [1.82, 2.24) is 10.6 Å². The van der Waals surface area contributed by atoms with Crippen molar-refractivity contribution in [3.8, 4) is 5.75 Å². The molecule has 2 N–H and O–H groups in total. The van der Waals surface area contributed by atoms with Crippen LogP contribution in [0.25, 0.3) is 0 Å². The highest BCUT2D eigenvalue weighted by atomic mass is 35.5. The summed E-state index contributed by atoms with van der Waals surface area (Å²) in [6, 6.07) is 8.05. The number of nitrogens with one attached hydrogen (secondary N) is 2. The average Bonchev–Trinajstić information content (AvgIpc) is 2.53. The average molecular weight is 327 g/mol. The van der Waals surface area contributed by atoms with Crippen LogP contribution in [-0.2, 0) is 10.2 Å². The number of piperidine rings is 1. The first-order valence-corrected chi connectivity index (χ1v) is 7.66. The van der Waals surface area contributed by atoms with Gasteiger partial charge in [-0.15, -0.1) is 12.4 Å². The third kappa shape index (κ3) is 4.89. The van der Waals surface area contributed by atoms with Gasteiger partial charge in [-0.1, -0.05) is 26.0 Å². The van der Waals surface area contributed by atoms with E-state index in [1.165, 1.54) is 5.56 Å². The summed E-state index contributed by atoms with van der Waals surface area (Å²) in [7, 11) is 1.67. The standard InChI is InChI=1S/C17H26N2O2.ClH/c1-17(2,14-5-4-6-15(11-14)21-3)12-19-16(20)13-7-9-18-10-8-13;/h4-6,11,13,18H,7-10,12H2,1-3H3,(H,19,20);1H. The Kier molecular flexibility index (Phi) is 7.17. The molecule has 22 heavy (non-hydrogen) atoms. The third-order valence-corrected chi connectivity index (χ3v) is 4.27. The fraction of sp³-hybridized carbons (Fsp3) is 0.588. The number of halogens is 1. The molecule has 1 heterocycles. The van der Waals surface area contributed by atoms with Gasteiger partial charge in [-0.25, -0.2) is 0 Å². The molecule has 0 spiro atoms. The Bertz CT molecular complexity index is 485. The van der Waals surface area contributed by atoms with Crippen LogP contribution in [0.1, 0.15) is 32.3 Å². The maximum absolute atomic E-state index is 12.2. The zero-order valence-corrected chi connectivity index (χ0v) is 14.5. The minimum absolute atomic E-state index is 0. The molecule has 5 heteroatoms. The fourth-order valence-corrected chi connectivity index (χ4v) is 2.68. The van der Waals surface area contributed by atoms with E-state index in [2.05, 4.69) is 30.5 Å². The first-order valence-electron chi connectivity index (χ1n) is 7.66. The second kappa shape index (κ2) is 8.39. The van der Waals surface area contributed by atoms with Gasteiger partial charge in [-0.05, 0) is 43.6 Å². The van der Waals surface area contributed by atoms with Crippen molar-refractivity contribution < 1.29 is 9.53 Å². The van der Waals surface area contributed by atoms with Gasteiger partial charge in [0, 0.05) is 17.9 Å². The van der Waals surface area contributed by atoms with Gasteiger partial charge in [0.25, 0.3) is 0 Å². The molecule has 0 unspecified atom stereocenters. The largest absolute Gasteiger partial charge is 0.497 e. The lowest BCUT2D eigenvalue weighted by atomic mass is 9.84. The van der Waals surface area contributed by atoms with Gasteiger partial charge >= 0.3 is 0 Å². The molecule has 0 radical (unpaired) electrons. The van der Waals surface area contributed by atoms with Crippen LogP contribution in [0.2, 0.25) is 0 Å². The van der Waals surface area contributed by atoms with Crippen molar-refractivity contribution >= 4 is 18.3 Å². The molecule has 1 aromatic carbocycles. The molecule has 1 aromatic rings. The minimum atomic E-state index is -0.114. The van der Waals surface area contributed by atoms with Gasteiger partial charge in [0.05, 0.1) is 7.11 Å². The van der Waals surface area contributed by atoms with E-state index in [-0.39, 0.29) is 29.6 Å². The molecule has 1 fully saturated rings. The van der Waals surface area contributed by atoms with Crippen LogP contribution < -0.4 is 15.4 Å². The highest BCUT2D eigenvalue weighted by Gasteiger charge is 2.25. The van der Waals surface area contributed by atoms with E-state index in [9.17, 15) is 4.79 Å². The Morgan fingerprint density at radius 1 is 1.36 bits per heavy atom. The quantitative estimate of drug-likeness (QED) is 0.874.